The van der Waals surface area contributed by atoms with E-state index < -0.39 is 6.10 Å². The fourth-order valence-electron chi connectivity index (χ4n) is 2.92. The molecule has 0 bridgehead atoms. The van der Waals surface area contributed by atoms with Crippen molar-refractivity contribution < 1.29 is 5.11 Å². The molecule has 1 aromatic rings. The van der Waals surface area contributed by atoms with Gasteiger partial charge in [-0.1, -0.05) is 6.92 Å². The molecule has 3 N–H and O–H groups in total. The molecule has 1 aromatic heterocycles. The number of aromatic nitrogens is 2. The Hall–Kier alpha value is -1.11. The van der Waals surface area contributed by atoms with Gasteiger partial charge in [0.2, 0.25) is 0 Å². The number of anilines is 1. The number of likely N-dealkylation sites (N-methyl/N-ethyl adjacent to an activating group) is 1. The fourth-order valence-corrected chi connectivity index (χ4v) is 2.92. The summed E-state index contributed by atoms with van der Waals surface area (Å²) in [5.74, 6) is 0.641. The zero-order chi connectivity index (χ0) is 14.0. The van der Waals surface area contributed by atoms with Gasteiger partial charge in [-0.05, 0) is 20.0 Å². The molecule has 0 aromatic carbocycles. The van der Waals surface area contributed by atoms with Crippen molar-refractivity contribution in [3.63, 3.8) is 0 Å². The van der Waals surface area contributed by atoms with Crippen LogP contribution in [-0.4, -0.2) is 70.6 Å². The Bertz CT molecular complexity index is 405. The van der Waals surface area contributed by atoms with E-state index in [0.29, 0.717) is 30.7 Å². The maximum absolute atomic E-state index is 10.1. The van der Waals surface area contributed by atoms with E-state index in [1.165, 1.54) is 0 Å². The number of aliphatic hydroxyl groups is 1. The maximum atomic E-state index is 10.1. The van der Waals surface area contributed by atoms with Crippen molar-refractivity contribution in [3.05, 3.63) is 12.4 Å². The van der Waals surface area contributed by atoms with Gasteiger partial charge in [0, 0.05) is 31.9 Å². The largest absolute Gasteiger partial charge is 0.396 e. The van der Waals surface area contributed by atoms with Gasteiger partial charge in [-0.2, -0.15) is 5.10 Å². The Balaban J connectivity index is 1.81. The number of hydrogen-bond donors (Lipinski definition) is 2. The molecule has 1 saturated heterocycles. The Morgan fingerprint density at radius 1 is 1.47 bits per heavy atom. The summed E-state index contributed by atoms with van der Waals surface area (Å²) in [5, 5.41) is 14.2. The van der Waals surface area contributed by atoms with Crippen molar-refractivity contribution in [3.8, 4) is 0 Å². The molecule has 3 atom stereocenters. The molecular formula is C13H25N5O. The van der Waals surface area contributed by atoms with E-state index in [-0.39, 0.29) is 0 Å². The van der Waals surface area contributed by atoms with Crippen molar-refractivity contribution in [1.82, 2.24) is 19.6 Å². The lowest BCUT2D eigenvalue weighted by atomic mass is 10.1. The normalized spacial score (nSPS) is 26.2. The van der Waals surface area contributed by atoms with Gasteiger partial charge in [0.15, 0.2) is 0 Å². The quantitative estimate of drug-likeness (QED) is 0.767. The van der Waals surface area contributed by atoms with Crippen LogP contribution in [0.4, 0.5) is 5.69 Å². The summed E-state index contributed by atoms with van der Waals surface area (Å²) in [7, 11) is 4.24. The predicted molar refractivity (Wildman–Crippen MR) is 75.7 cm³/mol. The number of nitrogens with two attached hydrogens (primary N) is 1. The van der Waals surface area contributed by atoms with Crippen molar-refractivity contribution in [2.45, 2.75) is 25.6 Å². The van der Waals surface area contributed by atoms with Gasteiger partial charge in [-0.3, -0.25) is 9.58 Å². The molecular weight excluding hydrogens is 242 g/mol. The van der Waals surface area contributed by atoms with Crippen LogP contribution in [0.3, 0.4) is 0 Å². The minimum Gasteiger partial charge on any atom is -0.396 e. The number of β-amino-alcohol motifs (C(OH)–C–C–N with tert-alkyl or cyclic N) is 1. The summed E-state index contributed by atoms with van der Waals surface area (Å²) in [5.41, 5.74) is 6.24. The highest BCUT2D eigenvalue weighted by Crippen LogP contribution is 2.20. The first-order chi connectivity index (χ1) is 8.95. The van der Waals surface area contributed by atoms with Crippen molar-refractivity contribution in [2.75, 3.05) is 39.5 Å². The molecule has 19 heavy (non-hydrogen) atoms. The van der Waals surface area contributed by atoms with Crippen LogP contribution in [0.15, 0.2) is 12.4 Å². The molecule has 0 amide bonds. The first-order valence-electron chi connectivity index (χ1n) is 6.80. The molecule has 0 aliphatic carbocycles. The topological polar surface area (TPSA) is 70.5 Å². The Morgan fingerprint density at radius 3 is 2.74 bits per heavy atom. The van der Waals surface area contributed by atoms with Crippen LogP contribution < -0.4 is 5.73 Å². The zero-order valence-corrected chi connectivity index (χ0v) is 12.0. The fraction of sp³-hybridized carbons (Fsp3) is 0.769. The molecule has 0 radical (unpaired) electrons. The summed E-state index contributed by atoms with van der Waals surface area (Å²) in [6.45, 7) is 5.52. The van der Waals surface area contributed by atoms with E-state index in [9.17, 15) is 5.11 Å². The summed E-state index contributed by atoms with van der Waals surface area (Å²) in [6, 6.07) is 0.576. The van der Waals surface area contributed by atoms with E-state index >= 15 is 0 Å². The third-order valence-electron chi connectivity index (χ3n) is 3.83. The number of likely N-dealkylation sites (tertiary alicyclic amines) is 1. The lowest BCUT2D eigenvalue weighted by molar-refractivity contribution is 0.102. The molecule has 2 rings (SSSR count). The summed E-state index contributed by atoms with van der Waals surface area (Å²) in [4.78, 5) is 4.60. The van der Waals surface area contributed by atoms with Crippen LogP contribution >= 0.6 is 0 Å². The van der Waals surface area contributed by atoms with Crippen molar-refractivity contribution >= 4 is 5.69 Å². The third kappa shape index (κ3) is 3.68. The molecule has 108 valence electrons. The second-order valence-electron chi connectivity index (χ2n) is 5.88. The maximum Gasteiger partial charge on any atom is 0.0862 e. The summed E-state index contributed by atoms with van der Waals surface area (Å²) >= 11 is 0. The van der Waals surface area contributed by atoms with Gasteiger partial charge in [0.05, 0.1) is 24.5 Å². The summed E-state index contributed by atoms with van der Waals surface area (Å²) in [6.07, 6.45) is 2.94. The molecule has 6 nitrogen and oxygen atoms in total. The zero-order valence-electron chi connectivity index (χ0n) is 12.0. The number of hydrogen-bond acceptors (Lipinski definition) is 5. The average molecular weight is 267 g/mol. The van der Waals surface area contributed by atoms with Crippen molar-refractivity contribution in [1.29, 1.82) is 0 Å². The minimum atomic E-state index is -0.410. The number of nitrogen functional groups attached to an aromatic ring is 1. The first-order valence-corrected chi connectivity index (χ1v) is 6.80. The van der Waals surface area contributed by atoms with Gasteiger partial charge in [-0.25, -0.2) is 0 Å². The van der Waals surface area contributed by atoms with Crippen molar-refractivity contribution in [2.24, 2.45) is 5.92 Å². The minimum absolute atomic E-state index is 0.410. The molecule has 0 saturated carbocycles. The standard InChI is InChI=1S/C13H25N5O/c1-10-5-17(9-13(10)16(2)3)7-12(19)8-18-6-11(14)4-15-18/h4,6,10,12-13,19H,5,7-9,14H2,1-3H3. The number of rotatable bonds is 5. The summed E-state index contributed by atoms with van der Waals surface area (Å²) < 4.78 is 1.70. The second kappa shape index (κ2) is 5.90. The highest BCUT2D eigenvalue weighted by molar-refractivity contribution is 5.30. The van der Waals surface area contributed by atoms with E-state index in [1.54, 1.807) is 17.1 Å². The molecule has 1 fully saturated rings. The first kappa shape index (κ1) is 14.3. The molecule has 3 unspecified atom stereocenters. The molecule has 6 heteroatoms. The predicted octanol–water partition coefficient (Wildman–Crippen LogP) is -0.292. The van der Waals surface area contributed by atoms with Gasteiger partial charge in [0.1, 0.15) is 0 Å². The number of nitrogens with zero attached hydrogens (tertiary/aromatic N) is 4. The SMILES string of the molecule is CC1CN(CC(O)Cn2cc(N)cn2)CC1N(C)C. The van der Waals surface area contributed by atoms with E-state index in [1.807, 2.05) is 0 Å². The van der Waals surface area contributed by atoms with Crippen LogP contribution in [0.2, 0.25) is 0 Å². The Morgan fingerprint density at radius 2 is 2.21 bits per heavy atom. The molecule has 1 aliphatic rings. The van der Waals surface area contributed by atoms with Crippen LogP contribution in [0.5, 0.6) is 0 Å². The lowest BCUT2D eigenvalue weighted by Crippen LogP contribution is -2.37. The van der Waals surface area contributed by atoms with Crippen LogP contribution in [0.1, 0.15) is 6.92 Å². The lowest BCUT2D eigenvalue weighted by Gasteiger charge is -2.23. The second-order valence-corrected chi connectivity index (χ2v) is 5.88. The third-order valence-corrected chi connectivity index (χ3v) is 3.83. The Labute approximate surface area is 114 Å². The number of aliphatic hydroxyl groups excluding tert-OH is 1. The van der Waals surface area contributed by atoms with Crippen LogP contribution in [-0.2, 0) is 6.54 Å². The highest BCUT2D eigenvalue weighted by atomic mass is 16.3. The molecule has 1 aliphatic heterocycles. The molecule has 0 spiro atoms. The van der Waals surface area contributed by atoms with Gasteiger partial charge < -0.3 is 15.7 Å². The van der Waals surface area contributed by atoms with Gasteiger partial charge >= 0.3 is 0 Å². The Kier molecular flexibility index (Phi) is 4.44. The molecule has 2 heterocycles. The van der Waals surface area contributed by atoms with Gasteiger partial charge in [0.25, 0.3) is 0 Å². The monoisotopic (exact) mass is 267 g/mol. The highest BCUT2D eigenvalue weighted by Gasteiger charge is 2.31. The van der Waals surface area contributed by atoms with Crippen LogP contribution in [0, 0.1) is 5.92 Å². The van der Waals surface area contributed by atoms with E-state index in [2.05, 4.69) is 35.9 Å². The smallest absolute Gasteiger partial charge is 0.0862 e. The van der Waals surface area contributed by atoms with E-state index in [4.69, 9.17) is 5.73 Å². The van der Waals surface area contributed by atoms with E-state index in [0.717, 1.165) is 13.1 Å². The average Bonchev–Trinajstić information content (AvgIpc) is 2.85. The van der Waals surface area contributed by atoms with Crippen LogP contribution in [0.25, 0.3) is 0 Å². The van der Waals surface area contributed by atoms with Gasteiger partial charge in [-0.15, -0.1) is 0 Å².